The van der Waals surface area contributed by atoms with Crippen molar-refractivity contribution < 1.29 is 24.3 Å². The van der Waals surface area contributed by atoms with Gasteiger partial charge in [0.05, 0.1) is 12.5 Å². The Morgan fingerprint density at radius 1 is 1.17 bits per heavy atom. The molecule has 3 N–H and O–H groups in total. The number of anilines is 1. The van der Waals surface area contributed by atoms with Gasteiger partial charge in [-0.1, -0.05) is 17.7 Å². The first kappa shape index (κ1) is 17.5. The largest absolute Gasteiger partial charge is 0.480 e. The van der Waals surface area contributed by atoms with Crippen molar-refractivity contribution in [2.75, 3.05) is 24.5 Å². The first-order chi connectivity index (χ1) is 11.4. The summed E-state index contributed by atoms with van der Waals surface area (Å²) in [6, 6.07) is 7.44. The van der Waals surface area contributed by atoms with Crippen LogP contribution in [0.5, 0.6) is 0 Å². The number of hydrogen-bond acceptors (Lipinski definition) is 4. The number of aliphatic carboxylic acids is 1. The molecule has 0 spiro atoms. The number of carboxylic acid groups (broad SMARTS) is 1. The number of aryl methyl sites for hydroxylation is 1. The molecule has 3 amide bonds. The second-order valence-corrected chi connectivity index (χ2v) is 5.63. The molecule has 1 atom stereocenters. The zero-order valence-electron chi connectivity index (χ0n) is 13.2. The van der Waals surface area contributed by atoms with Crippen LogP contribution in [0.25, 0.3) is 0 Å². The summed E-state index contributed by atoms with van der Waals surface area (Å²) in [6.45, 7) is 1.38. The molecule has 1 heterocycles. The van der Waals surface area contributed by atoms with Crippen LogP contribution in [0, 0.1) is 12.8 Å². The lowest BCUT2D eigenvalue weighted by molar-refractivity contribution is -0.137. The quantitative estimate of drug-likeness (QED) is 0.659. The summed E-state index contributed by atoms with van der Waals surface area (Å²) in [6.07, 6.45) is 0.0798. The van der Waals surface area contributed by atoms with Crippen LogP contribution in [-0.4, -0.2) is 48.4 Å². The van der Waals surface area contributed by atoms with E-state index in [-0.39, 0.29) is 25.4 Å². The Hall–Kier alpha value is -2.90. The van der Waals surface area contributed by atoms with Crippen molar-refractivity contribution in [1.82, 2.24) is 10.6 Å². The number of nitrogens with one attached hydrogen (secondary N) is 2. The highest BCUT2D eigenvalue weighted by Gasteiger charge is 2.35. The number of amides is 3. The molecule has 1 unspecified atom stereocenters. The van der Waals surface area contributed by atoms with Gasteiger partial charge < -0.3 is 20.6 Å². The minimum atomic E-state index is -1.16. The van der Waals surface area contributed by atoms with Crippen LogP contribution in [0.4, 0.5) is 5.69 Å². The summed E-state index contributed by atoms with van der Waals surface area (Å²) >= 11 is 0. The number of rotatable bonds is 6. The van der Waals surface area contributed by atoms with Gasteiger partial charge in [-0.15, -0.1) is 0 Å². The van der Waals surface area contributed by atoms with Crippen molar-refractivity contribution in [3.63, 3.8) is 0 Å². The summed E-state index contributed by atoms with van der Waals surface area (Å²) in [7, 11) is 0. The van der Waals surface area contributed by atoms with Gasteiger partial charge in [0, 0.05) is 18.7 Å². The highest BCUT2D eigenvalue weighted by Crippen LogP contribution is 2.25. The monoisotopic (exact) mass is 333 g/mol. The van der Waals surface area contributed by atoms with E-state index in [9.17, 15) is 19.2 Å². The number of benzene rings is 1. The zero-order chi connectivity index (χ0) is 17.7. The van der Waals surface area contributed by atoms with Gasteiger partial charge in [0.2, 0.25) is 17.7 Å². The van der Waals surface area contributed by atoms with Crippen LogP contribution < -0.4 is 15.5 Å². The van der Waals surface area contributed by atoms with Crippen molar-refractivity contribution in [2.24, 2.45) is 5.92 Å². The number of hydrogen-bond donors (Lipinski definition) is 3. The standard InChI is InChI=1S/C16H19N3O5/c1-10-2-4-12(5-3-10)19-9-11(6-14(19)21)16(24)18-7-13(20)17-8-15(22)23/h2-5,11H,6-9H2,1H3,(H,17,20)(H,18,24)(H,22,23). The number of nitrogens with zero attached hydrogens (tertiary/aromatic N) is 1. The van der Waals surface area contributed by atoms with Gasteiger partial charge in [0.1, 0.15) is 6.54 Å². The van der Waals surface area contributed by atoms with Crippen molar-refractivity contribution in [3.8, 4) is 0 Å². The first-order valence-electron chi connectivity index (χ1n) is 7.50. The molecule has 1 aliphatic heterocycles. The molecule has 8 nitrogen and oxygen atoms in total. The minimum Gasteiger partial charge on any atom is -0.480 e. The average molecular weight is 333 g/mol. The highest BCUT2D eigenvalue weighted by atomic mass is 16.4. The molecule has 128 valence electrons. The van der Waals surface area contributed by atoms with E-state index in [2.05, 4.69) is 10.6 Å². The van der Waals surface area contributed by atoms with E-state index >= 15 is 0 Å². The van der Waals surface area contributed by atoms with E-state index in [1.165, 1.54) is 0 Å². The van der Waals surface area contributed by atoms with E-state index in [4.69, 9.17) is 5.11 Å². The fourth-order valence-electron chi connectivity index (χ4n) is 2.41. The van der Waals surface area contributed by atoms with Crippen LogP contribution in [0.15, 0.2) is 24.3 Å². The van der Waals surface area contributed by atoms with Gasteiger partial charge in [0.15, 0.2) is 0 Å². The third-order valence-corrected chi connectivity index (χ3v) is 3.70. The summed E-state index contributed by atoms with van der Waals surface area (Å²) in [5.74, 6) is -2.83. The van der Waals surface area contributed by atoms with Gasteiger partial charge in [0.25, 0.3) is 0 Å². The summed E-state index contributed by atoms with van der Waals surface area (Å²) in [5, 5.41) is 13.0. The molecule has 0 bridgehead atoms. The molecular weight excluding hydrogens is 314 g/mol. The maximum Gasteiger partial charge on any atom is 0.322 e. The Bertz CT molecular complexity index is 656. The molecule has 1 fully saturated rings. The Morgan fingerprint density at radius 3 is 2.46 bits per heavy atom. The average Bonchev–Trinajstić information content (AvgIpc) is 2.93. The van der Waals surface area contributed by atoms with E-state index in [0.717, 1.165) is 11.3 Å². The van der Waals surface area contributed by atoms with Gasteiger partial charge in [-0.05, 0) is 19.1 Å². The van der Waals surface area contributed by atoms with Gasteiger partial charge in [-0.25, -0.2) is 0 Å². The lowest BCUT2D eigenvalue weighted by atomic mass is 10.1. The van der Waals surface area contributed by atoms with Crippen molar-refractivity contribution in [2.45, 2.75) is 13.3 Å². The SMILES string of the molecule is Cc1ccc(N2CC(C(=O)NCC(=O)NCC(=O)O)CC2=O)cc1. The molecule has 0 saturated carbocycles. The predicted octanol–water partition coefficient (Wildman–Crippen LogP) is -0.335. The number of carbonyl (C=O) groups is 4. The second kappa shape index (κ2) is 7.58. The summed E-state index contributed by atoms with van der Waals surface area (Å²) < 4.78 is 0. The van der Waals surface area contributed by atoms with Crippen LogP contribution in [0.1, 0.15) is 12.0 Å². The third kappa shape index (κ3) is 4.55. The Labute approximate surface area is 138 Å². The molecule has 1 aromatic carbocycles. The fraction of sp³-hybridized carbons (Fsp3) is 0.375. The van der Waals surface area contributed by atoms with E-state index in [1.54, 1.807) is 4.90 Å². The maximum absolute atomic E-state index is 12.1. The van der Waals surface area contributed by atoms with Gasteiger partial charge in [-0.2, -0.15) is 0 Å². The van der Waals surface area contributed by atoms with Crippen molar-refractivity contribution >= 4 is 29.4 Å². The summed E-state index contributed by atoms with van der Waals surface area (Å²) in [5.41, 5.74) is 1.81. The molecule has 1 saturated heterocycles. The van der Waals surface area contributed by atoms with Crippen LogP contribution in [0.2, 0.25) is 0 Å². The van der Waals surface area contributed by atoms with Gasteiger partial charge in [-0.3, -0.25) is 19.2 Å². The molecule has 8 heteroatoms. The lowest BCUT2D eigenvalue weighted by Gasteiger charge is -2.17. The van der Waals surface area contributed by atoms with Crippen molar-refractivity contribution in [3.05, 3.63) is 29.8 Å². The van der Waals surface area contributed by atoms with Gasteiger partial charge >= 0.3 is 5.97 Å². The van der Waals surface area contributed by atoms with E-state index in [1.807, 2.05) is 31.2 Å². The molecule has 24 heavy (non-hydrogen) atoms. The zero-order valence-corrected chi connectivity index (χ0v) is 13.2. The smallest absolute Gasteiger partial charge is 0.322 e. The molecule has 2 rings (SSSR count). The van der Waals surface area contributed by atoms with Crippen molar-refractivity contribution in [1.29, 1.82) is 0 Å². The normalized spacial score (nSPS) is 16.8. The molecule has 0 radical (unpaired) electrons. The first-order valence-corrected chi connectivity index (χ1v) is 7.50. The Balaban J connectivity index is 1.86. The Morgan fingerprint density at radius 2 is 1.83 bits per heavy atom. The predicted molar refractivity (Wildman–Crippen MR) is 85.3 cm³/mol. The van der Waals surface area contributed by atoms with Crippen LogP contribution in [0.3, 0.4) is 0 Å². The topological polar surface area (TPSA) is 116 Å². The Kier molecular flexibility index (Phi) is 5.51. The minimum absolute atomic E-state index is 0.0798. The molecule has 1 aromatic rings. The molecule has 0 aromatic heterocycles. The second-order valence-electron chi connectivity index (χ2n) is 5.63. The fourth-order valence-corrected chi connectivity index (χ4v) is 2.41. The van der Waals surface area contributed by atoms with Crippen LogP contribution in [-0.2, 0) is 19.2 Å². The number of carbonyl (C=O) groups excluding carboxylic acids is 3. The third-order valence-electron chi connectivity index (χ3n) is 3.70. The molecule has 1 aliphatic rings. The molecular formula is C16H19N3O5. The lowest BCUT2D eigenvalue weighted by Crippen LogP contribution is -2.41. The maximum atomic E-state index is 12.1. The number of carboxylic acids is 1. The van der Waals surface area contributed by atoms with E-state index in [0.29, 0.717) is 0 Å². The molecule has 0 aliphatic carbocycles. The highest BCUT2D eigenvalue weighted by molar-refractivity contribution is 6.00. The summed E-state index contributed by atoms with van der Waals surface area (Å²) in [4.78, 5) is 47.4. The van der Waals surface area contributed by atoms with E-state index < -0.39 is 30.2 Å². The van der Waals surface area contributed by atoms with Crippen LogP contribution >= 0.6 is 0 Å².